The lowest BCUT2D eigenvalue weighted by molar-refractivity contribution is 0.0342. The van der Waals surface area contributed by atoms with E-state index in [1.54, 1.807) is 7.11 Å². The fraction of sp³-hybridized carbons (Fsp3) is 0.625. The predicted molar refractivity (Wildman–Crippen MR) is 84.0 cm³/mol. The minimum Gasteiger partial charge on any atom is -0.427 e. The van der Waals surface area contributed by atoms with Crippen molar-refractivity contribution in [3.05, 3.63) is 35.4 Å². The summed E-state index contributed by atoms with van der Waals surface area (Å²) in [4.78, 5) is 4.78. The van der Waals surface area contributed by atoms with Crippen LogP contribution in [0.1, 0.15) is 30.0 Å². The Morgan fingerprint density at radius 1 is 1.29 bits per heavy atom. The summed E-state index contributed by atoms with van der Waals surface area (Å²) in [5.41, 5.74) is 2.81. The summed E-state index contributed by atoms with van der Waals surface area (Å²) in [7, 11) is 3.59. The molecule has 1 aromatic carbocycles. The van der Waals surface area contributed by atoms with Crippen molar-refractivity contribution in [2.75, 3.05) is 40.0 Å². The van der Waals surface area contributed by atoms with Gasteiger partial charge in [0.15, 0.2) is 0 Å². The molecule has 0 bridgehead atoms. The van der Waals surface area contributed by atoms with Crippen LogP contribution in [0.2, 0.25) is 0 Å². The van der Waals surface area contributed by atoms with Crippen LogP contribution in [-0.2, 0) is 15.9 Å². The quantitative estimate of drug-likeness (QED) is 0.772. The van der Waals surface area contributed by atoms with E-state index in [-0.39, 0.29) is 0 Å². The van der Waals surface area contributed by atoms with Gasteiger partial charge in [-0.1, -0.05) is 24.3 Å². The first kappa shape index (κ1) is 15.0. The lowest BCUT2D eigenvalue weighted by Crippen LogP contribution is -2.35. The Bertz CT molecular complexity index is 452. The van der Waals surface area contributed by atoms with E-state index >= 15 is 0 Å². The molecule has 0 saturated carbocycles. The molecule has 4 nitrogen and oxygen atoms in total. The standard InChI is InChI=1S/C16H24BN2O2/c1-20-17-19-7-3-6-16(19)15-5-2-4-14(12-15)13-18-8-10-21-11-9-18/h2,4-5,12,16H,3,6-11,13H2,1H3. The molecule has 2 aliphatic heterocycles. The molecule has 0 N–H and O–H groups in total. The first-order chi connectivity index (χ1) is 10.4. The van der Waals surface area contributed by atoms with Crippen LogP contribution in [-0.4, -0.2) is 57.3 Å². The van der Waals surface area contributed by atoms with Crippen molar-refractivity contribution in [2.45, 2.75) is 25.4 Å². The van der Waals surface area contributed by atoms with Crippen LogP contribution in [0.15, 0.2) is 24.3 Å². The summed E-state index contributed by atoms with van der Waals surface area (Å²) in [5.74, 6) is 0. The van der Waals surface area contributed by atoms with Gasteiger partial charge in [-0.05, 0) is 30.5 Å². The van der Waals surface area contributed by atoms with Crippen LogP contribution in [0.4, 0.5) is 0 Å². The number of ether oxygens (including phenoxy) is 1. The highest BCUT2D eigenvalue weighted by Crippen LogP contribution is 2.31. The van der Waals surface area contributed by atoms with E-state index in [2.05, 4.69) is 34.0 Å². The fourth-order valence-corrected chi connectivity index (χ4v) is 3.32. The second-order valence-corrected chi connectivity index (χ2v) is 5.87. The van der Waals surface area contributed by atoms with E-state index < -0.39 is 0 Å². The summed E-state index contributed by atoms with van der Waals surface area (Å²) in [6, 6.07) is 9.50. The molecule has 0 amide bonds. The van der Waals surface area contributed by atoms with Crippen LogP contribution in [0.25, 0.3) is 0 Å². The Hall–Kier alpha value is -0.875. The summed E-state index contributed by atoms with van der Waals surface area (Å²) in [6.07, 6.45) is 2.44. The zero-order valence-corrected chi connectivity index (χ0v) is 12.8. The molecule has 0 aliphatic carbocycles. The Kier molecular flexibility index (Phi) is 5.30. The van der Waals surface area contributed by atoms with Gasteiger partial charge in [0, 0.05) is 32.8 Å². The zero-order valence-electron chi connectivity index (χ0n) is 12.8. The van der Waals surface area contributed by atoms with Gasteiger partial charge in [0.05, 0.1) is 13.2 Å². The number of morpholine rings is 1. The number of hydrogen-bond donors (Lipinski definition) is 0. The lowest BCUT2D eigenvalue weighted by Gasteiger charge is -2.27. The maximum absolute atomic E-state index is 5.42. The smallest absolute Gasteiger partial charge is 0.399 e. The third kappa shape index (κ3) is 3.86. The summed E-state index contributed by atoms with van der Waals surface area (Å²) in [5, 5.41) is 0. The van der Waals surface area contributed by atoms with E-state index in [1.807, 2.05) is 7.62 Å². The Balaban J connectivity index is 1.67. The third-order valence-corrected chi connectivity index (χ3v) is 4.38. The molecule has 5 heteroatoms. The first-order valence-electron chi connectivity index (χ1n) is 7.87. The summed E-state index contributed by atoms with van der Waals surface area (Å²) < 4.78 is 10.6. The van der Waals surface area contributed by atoms with Crippen molar-refractivity contribution in [2.24, 2.45) is 0 Å². The van der Waals surface area contributed by atoms with Gasteiger partial charge < -0.3 is 14.2 Å². The average molecular weight is 287 g/mol. The normalized spacial score (nSPS) is 24.3. The molecular weight excluding hydrogens is 263 g/mol. The maximum atomic E-state index is 5.42. The van der Waals surface area contributed by atoms with Crippen LogP contribution in [0.3, 0.4) is 0 Å². The molecule has 2 saturated heterocycles. The largest absolute Gasteiger partial charge is 0.427 e. The Morgan fingerprint density at radius 3 is 2.95 bits per heavy atom. The van der Waals surface area contributed by atoms with E-state index in [0.717, 1.165) is 39.4 Å². The molecule has 1 atom stereocenters. The van der Waals surface area contributed by atoms with E-state index in [4.69, 9.17) is 9.39 Å². The number of benzene rings is 1. The van der Waals surface area contributed by atoms with Gasteiger partial charge in [-0.3, -0.25) is 4.90 Å². The molecule has 3 rings (SSSR count). The second kappa shape index (κ2) is 7.41. The molecule has 1 aromatic rings. The monoisotopic (exact) mass is 287 g/mol. The van der Waals surface area contributed by atoms with Gasteiger partial charge in [0.2, 0.25) is 0 Å². The minimum absolute atomic E-state index is 0.467. The summed E-state index contributed by atoms with van der Waals surface area (Å²) in [6.45, 7) is 5.91. The SMILES string of the molecule is CO[B]N1CCCC1c1cccc(CN2CCOCC2)c1. The predicted octanol–water partition coefficient (Wildman–Crippen LogP) is 1.84. The fourth-order valence-electron chi connectivity index (χ4n) is 3.32. The van der Waals surface area contributed by atoms with E-state index in [1.165, 1.54) is 24.0 Å². The molecule has 1 radical (unpaired) electrons. The molecule has 2 heterocycles. The highest BCUT2D eigenvalue weighted by atomic mass is 16.5. The van der Waals surface area contributed by atoms with Crippen LogP contribution < -0.4 is 0 Å². The van der Waals surface area contributed by atoms with E-state index in [0.29, 0.717) is 6.04 Å². The van der Waals surface area contributed by atoms with Crippen LogP contribution in [0, 0.1) is 0 Å². The van der Waals surface area contributed by atoms with Gasteiger partial charge >= 0.3 is 7.62 Å². The first-order valence-corrected chi connectivity index (χ1v) is 7.87. The van der Waals surface area contributed by atoms with Gasteiger partial charge in [0.25, 0.3) is 0 Å². The maximum Gasteiger partial charge on any atom is 0.399 e. The molecule has 0 aromatic heterocycles. The number of rotatable bonds is 5. The highest BCUT2D eigenvalue weighted by molar-refractivity contribution is 6.23. The average Bonchev–Trinajstić information content (AvgIpc) is 2.97. The van der Waals surface area contributed by atoms with Crippen molar-refractivity contribution in [3.8, 4) is 0 Å². The Morgan fingerprint density at radius 2 is 2.14 bits per heavy atom. The van der Waals surface area contributed by atoms with Gasteiger partial charge in [-0.25, -0.2) is 0 Å². The minimum atomic E-state index is 0.467. The van der Waals surface area contributed by atoms with Crippen molar-refractivity contribution in [3.63, 3.8) is 0 Å². The van der Waals surface area contributed by atoms with Gasteiger partial charge in [0.1, 0.15) is 0 Å². The van der Waals surface area contributed by atoms with Crippen molar-refractivity contribution in [1.82, 2.24) is 9.71 Å². The second-order valence-electron chi connectivity index (χ2n) is 5.87. The van der Waals surface area contributed by atoms with Gasteiger partial charge in [-0.2, -0.15) is 0 Å². The third-order valence-electron chi connectivity index (χ3n) is 4.38. The molecule has 21 heavy (non-hydrogen) atoms. The number of hydrogen-bond acceptors (Lipinski definition) is 4. The molecule has 2 aliphatic rings. The number of nitrogens with zero attached hydrogens (tertiary/aromatic N) is 2. The highest BCUT2D eigenvalue weighted by Gasteiger charge is 2.26. The topological polar surface area (TPSA) is 24.9 Å². The molecule has 113 valence electrons. The van der Waals surface area contributed by atoms with Crippen LogP contribution in [0.5, 0.6) is 0 Å². The van der Waals surface area contributed by atoms with Crippen molar-refractivity contribution in [1.29, 1.82) is 0 Å². The van der Waals surface area contributed by atoms with E-state index in [9.17, 15) is 0 Å². The molecule has 2 fully saturated rings. The zero-order chi connectivity index (χ0) is 14.5. The lowest BCUT2D eigenvalue weighted by atomic mass is 9.99. The van der Waals surface area contributed by atoms with Crippen LogP contribution >= 0.6 is 0 Å². The molecular formula is C16H24BN2O2. The summed E-state index contributed by atoms with van der Waals surface area (Å²) >= 11 is 0. The van der Waals surface area contributed by atoms with Gasteiger partial charge in [-0.15, -0.1) is 0 Å². The van der Waals surface area contributed by atoms with Crippen molar-refractivity contribution < 1.29 is 9.39 Å². The Labute approximate surface area is 128 Å². The van der Waals surface area contributed by atoms with Crippen molar-refractivity contribution >= 4 is 7.62 Å². The molecule has 1 unspecified atom stereocenters. The molecule has 0 spiro atoms.